The molecule has 0 radical (unpaired) electrons. The molecule has 1 aromatic heterocycles. The van der Waals surface area contributed by atoms with Crippen LogP contribution in [0.3, 0.4) is 0 Å². The maximum Gasteiger partial charge on any atom is 0.418 e. The third-order valence-corrected chi connectivity index (χ3v) is 4.20. The van der Waals surface area contributed by atoms with Crippen molar-refractivity contribution in [1.82, 2.24) is 4.98 Å². The van der Waals surface area contributed by atoms with Crippen LogP contribution in [0.25, 0.3) is 10.9 Å². The highest BCUT2D eigenvalue weighted by Crippen LogP contribution is 2.37. The summed E-state index contributed by atoms with van der Waals surface area (Å²) >= 11 is 0. The van der Waals surface area contributed by atoms with Gasteiger partial charge in [-0.2, -0.15) is 13.2 Å². The molecule has 1 unspecified atom stereocenters. The molecule has 0 saturated heterocycles. The third-order valence-electron chi connectivity index (χ3n) is 4.20. The van der Waals surface area contributed by atoms with Gasteiger partial charge in [0.2, 0.25) is 0 Å². The van der Waals surface area contributed by atoms with Crippen molar-refractivity contribution < 1.29 is 23.0 Å². The summed E-state index contributed by atoms with van der Waals surface area (Å²) in [5.74, 6) is -0.0901. The Balaban J connectivity index is 1.94. The average molecular weight is 391 g/mol. The van der Waals surface area contributed by atoms with Crippen LogP contribution < -0.4 is 5.32 Å². The number of methoxy groups -OCH3 is 1. The number of nitrogens with zero attached hydrogens (tertiary/aromatic N) is 1. The second-order valence-electron chi connectivity index (χ2n) is 6.42. The van der Waals surface area contributed by atoms with E-state index < -0.39 is 11.7 Å². The minimum atomic E-state index is -4.54. The number of aromatic nitrogens is 1. The lowest BCUT2D eigenvalue weighted by molar-refractivity contribution is -0.136. The molecule has 3 aromatic rings. The van der Waals surface area contributed by atoms with Crippen molar-refractivity contribution >= 4 is 28.5 Å². The number of para-hydroxylation sites is 1. The van der Waals surface area contributed by atoms with Crippen LogP contribution in [-0.2, 0) is 10.9 Å². The molecule has 0 aliphatic carbocycles. The van der Waals surface area contributed by atoms with Crippen molar-refractivity contribution in [3.63, 3.8) is 0 Å². The number of hydrogen-bond acceptors (Lipinski definition) is 4. The molecule has 1 atom stereocenters. The number of aliphatic imine (C=N–C) groups is 1. The zero-order valence-electron chi connectivity index (χ0n) is 15.3. The number of aromatic amines is 1. The number of aromatic hydroxyl groups is 1. The summed E-state index contributed by atoms with van der Waals surface area (Å²) in [6, 6.07) is 10.7. The number of fused-ring (bicyclic) bond motifs is 1. The van der Waals surface area contributed by atoms with Crippen LogP contribution in [-0.4, -0.2) is 36.1 Å². The molecule has 0 spiro atoms. The molecule has 0 fully saturated rings. The summed E-state index contributed by atoms with van der Waals surface area (Å²) in [6.45, 7) is 2.01. The van der Waals surface area contributed by atoms with Crippen LogP contribution in [0.2, 0.25) is 0 Å². The summed E-state index contributed by atoms with van der Waals surface area (Å²) in [6.07, 6.45) is -3.19. The zero-order valence-corrected chi connectivity index (χ0v) is 15.3. The van der Waals surface area contributed by atoms with Crippen molar-refractivity contribution in [2.75, 3.05) is 19.0 Å². The van der Waals surface area contributed by atoms with Gasteiger partial charge < -0.3 is 20.1 Å². The first kappa shape index (κ1) is 19.8. The van der Waals surface area contributed by atoms with Crippen LogP contribution in [0.5, 0.6) is 5.88 Å². The van der Waals surface area contributed by atoms with Crippen LogP contribution in [0.4, 0.5) is 24.5 Å². The molecule has 0 bridgehead atoms. The van der Waals surface area contributed by atoms with E-state index in [0.717, 1.165) is 11.5 Å². The molecule has 0 aliphatic rings. The van der Waals surface area contributed by atoms with Gasteiger partial charge in [-0.3, -0.25) is 4.99 Å². The van der Waals surface area contributed by atoms with E-state index in [2.05, 4.69) is 15.3 Å². The Kier molecular flexibility index (Phi) is 5.60. The number of hydrogen-bond donors (Lipinski definition) is 3. The monoisotopic (exact) mass is 391 g/mol. The fourth-order valence-electron chi connectivity index (χ4n) is 2.95. The van der Waals surface area contributed by atoms with E-state index in [1.165, 1.54) is 25.5 Å². The smallest absolute Gasteiger partial charge is 0.418 e. The number of nitrogens with one attached hydrogen (secondary N) is 2. The van der Waals surface area contributed by atoms with Crippen LogP contribution >= 0.6 is 0 Å². The van der Waals surface area contributed by atoms with Gasteiger partial charge in [0.25, 0.3) is 0 Å². The lowest BCUT2D eigenvalue weighted by Crippen LogP contribution is -2.23. The largest absolute Gasteiger partial charge is 0.494 e. The number of H-pyrrole nitrogens is 1. The molecule has 28 heavy (non-hydrogen) atoms. The van der Waals surface area contributed by atoms with Crippen molar-refractivity contribution in [3.05, 3.63) is 53.6 Å². The fourth-order valence-corrected chi connectivity index (χ4v) is 2.95. The molecule has 2 aromatic carbocycles. The molecule has 0 saturated carbocycles. The van der Waals surface area contributed by atoms with Crippen LogP contribution in [0, 0.1) is 0 Å². The van der Waals surface area contributed by atoms with Gasteiger partial charge in [-0.25, -0.2) is 0 Å². The molecule has 3 rings (SSSR count). The number of rotatable bonds is 6. The van der Waals surface area contributed by atoms with Crippen molar-refractivity contribution in [3.8, 4) is 5.88 Å². The van der Waals surface area contributed by atoms with E-state index in [4.69, 9.17) is 4.74 Å². The highest BCUT2D eigenvalue weighted by Gasteiger charge is 2.34. The topological polar surface area (TPSA) is 69.6 Å². The van der Waals surface area contributed by atoms with Gasteiger partial charge in [-0.1, -0.05) is 18.2 Å². The normalized spacial score (nSPS) is 13.3. The number of anilines is 1. The Bertz CT molecular complexity index is 996. The Morgan fingerprint density at radius 3 is 2.71 bits per heavy atom. The first-order valence-electron chi connectivity index (χ1n) is 8.60. The lowest BCUT2D eigenvalue weighted by atomic mass is 10.1. The van der Waals surface area contributed by atoms with Gasteiger partial charge >= 0.3 is 6.18 Å². The van der Waals surface area contributed by atoms with E-state index in [-0.39, 0.29) is 29.9 Å². The number of halogens is 3. The van der Waals surface area contributed by atoms with Gasteiger partial charge in [0.05, 0.1) is 23.4 Å². The zero-order chi connectivity index (χ0) is 20.3. The highest BCUT2D eigenvalue weighted by atomic mass is 19.4. The van der Waals surface area contributed by atoms with E-state index >= 15 is 0 Å². The van der Waals surface area contributed by atoms with E-state index in [1.54, 1.807) is 25.1 Å². The average Bonchev–Trinajstić information content (AvgIpc) is 2.95. The van der Waals surface area contributed by atoms with E-state index in [1.807, 2.05) is 6.07 Å². The molecule has 8 heteroatoms. The number of ether oxygens (including phenoxy) is 1. The third kappa shape index (κ3) is 4.28. The first-order chi connectivity index (χ1) is 13.3. The van der Waals surface area contributed by atoms with E-state index in [0.29, 0.717) is 11.1 Å². The Morgan fingerprint density at radius 1 is 1.25 bits per heavy atom. The quantitative estimate of drug-likeness (QED) is 0.513. The fraction of sp³-hybridized carbons (Fsp3) is 0.250. The highest BCUT2D eigenvalue weighted by molar-refractivity contribution is 6.02. The molecular weight excluding hydrogens is 371 g/mol. The summed E-state index contributed by atoms with van der Waals surface area (Å²) in [5.41, 5.74) is 0.408. The SMILES string of the molecule is COCC(C)Nc1ccc(N=Cc2c(O)[nH]c3ccccc23)cc1C(F)(F)F. The van der Waals surface area contributed by atoms with Crippen molar-refractivity contribution in [2.45, 2.75) is 19.1 Å². The lowest BCUT2D eigenvalue weighted by Gasteiger charge is -2.19. The maximum atomic E-state index is 13.5. The molecule has 0 amide bonds. The molecular formula is C20H20F3N3O2. The molecule has 1 heterocycles. The summed E-state index contributed by atoms with van der Waals surface area (Å²) in [7, 11) is 1.49. The van der Waals surface area contributed by atoms with Crippen LogP contribution in [0.1, 0.15) is 18.1 Å². The molecule has 5 nitrogen and oxygen atoms in total. The summed E-state index contributed by atoms with van der Waals surface area (Å²) in [5, 5.41) is 13.6. The standard InChI is InChI=1S/C20H20F3N3O2/c1-12(11-28-2)25-18-8-7-13(9-16(18)20(21,22)23)24-10-15-14-5-3-4-6-17(14)26-19(15)27/h3-10,12,25-27H,11H2,1-2H3. The predicted octanol–water partition coefficient (Wildman–Crippen LogP) is 5.09. The van der Waals surface area contributed by atoms with Gasteiger partial charge in [0, 0.05) is 36.0 Å². The minimum Gasteiger partial charge on any atom is -0.494 e. The molecule has 148 valence electrons. The molecule has 0 aliphatic heterocycles. The van der Waals surface area contributed by atoms with Gasteiger partial charge in [0.1, 0.15) is 0 Å². The van der Waals surface area contributed by atoms with Crippen molar-refractivity contribution in [2.24, 2.45) is 4.99 Å². The summed E-state index contributed by atoms with van der Waals surface area (Å²) in [4.78, 5) is 6.94. The summed E-state index contributed by atoms with van der Waals surface area (Å²) < 4.78 is 45.4. The number of benzene rings is 2. The van der Waals surface area contributed by atoms with Crippen molar-refractivity contribution in [1.29, 1.82) is 0 Å². The number of alkyl halides is 3. The predicted molar refractivity (Wildman–Crippen MR) is 104 cm³/mol. The second kappa shape index (κ2) is 7.93. The Morgan fingerprint density at radius 2 is 2.00 bits per heavy atom. The first-order valence-corrected chi connectivity index (χ1v) is 8.60. The van der Waals surface area contributed by atoms with Gasteiger partial charge in [-0.05, 0) is 31.2 Å². The van der Waals surface area contributed by atoms with Gasteiger partial charge in [0.15, 0.2) is 5.88 Å². The maximum absolute atomic E-state index is 13.5. The Labute approximate surface area is 159 Å². The second-order valence-corrected chi connectivity index (χ2v) is 6.42. The minimum absolute atomic E-state index is 0.0362. The van der Waals surface area contributed by atoms with Crippen LogP contribution in [0.15, 0.2) is 47.5 Å². The Hall–Kier alpha value is -3.00. The van der Waals surface area contributed by atoms with Gasteiger partial charge in [-0.15, -0.1) is 0 Å². The molecule has 3 N–H and O–H groups in total. The van der Waals surface area contributed by atoms with E-state index in [9.17, 15) is 18.3 Å².